The summed E-state index contributed by atoms with van der Waals surface area (Å²) in [5, 5.41) is 0. The first-order valence-electron chi connectivity index (χ1n) is 5.78. The Hall–Kier alpha value is 0.160. The average molecular weight is 450 g/mol. The molecular weight excluding hydrogens is 434 g/mol. The van der Waals surface area contributed by atoms with E-state index in [1.165, 1.54) is 14.7 Å². The third-order valence-corrected chi connectivity index (χ3v) is 5.96. The summed E-state index contributed by atoms with van der Waals surface area (Å²) < 4.78 is 1.84. The summed E-state index contributed by atoms with van der Waals surface area (Å²) in [4.78, 5) is 0. The van der Waals surface area contributed by atoms with Crippen molar-refractivity contribution in [2.75, 3.05) is 0 Å². The zero-order valence-electron chi connectivity index (χ0n) is 10.1. The number of benzene rings is 1. The van der Waals surface area contributed by atoms with Gasteiger partial charge in [-0.15, -0.1) is 0 Å². The van der Waals surface area contributed by atoms with Crippen molar-refractivity contribution in [2.24, 2.45) is 0 Å². The van der Waals surface area contributed by atoms with Crippen molar-refractivity contribution in [1.29, 1.82) is 0 Å². The van der Waals surface area contributed by atoms with E-state index in [-0.39, 0.29) is 5.41 Å². The number of hydrogen-bond acceptors (Lipinski definition) is 0. The smallest absolute Gasteiger partial charge is 0.0384 e. The van der Waals surface area contributed by atoms with Gasteiger partial charge in [0.1, 0.15) is 0 Å². The Kier molecular flexibility index (Phi) is 4.34. The largest absolute Gasteiger partial charge is 0.0801 e. The molecule has 0 fully saturated rings. The van der Waals surface area contributed by atoms with Gasteiger partial charge in [-0.3, -0.25) is 0 Å². The average Bonchev–Trinajstić information content (AvgIpc) is 2.33. The maximum atomic E-state index is 2.54. The first-order valence-corrected chi connectivity index (χ1v) is 8.10. The van der Waals surface area contributed by atoms with Gasteiger partial charge < -0.3 is 0 Å². The van der Waals surface area contributed by atoms with Crippen LogP contribution in [0, 0.1) is 3.57 Å². The van der Waals surface area contributed by atoms with Gasteiger partial charge in [0.25, 0.3) is 0 Å². The van der Waals surface area contributed by atoms with Crippen LogP contribution in [0.2, 0.25) is 0 Å². The molecule has 2 rings (SSSR count). The van der Waals surface area contributed by atoms with E-state index >= 15 is 0 Å². The van der Waals surface area contributed by atoms with Crippen LogP contribution in [-0.2, 0) is 11.8 Å². The fourth-order valence-corrected chi connectivity index (χ4v) is 3.22. The summed E-state index contributed by atoms with van der Waals surface area (Å²) >= 11 is 4.95. The van der Waals surface area contributed by atoms with Crippen molar-refractivity contribution in [1.82, 2.24) is 0 Å². The lowest BCUT2D eigenvalue weighted by Gasteiger charge is -2.31. The molecule has 1 aliphatic carbocycles. The van der Waals surface area contributed by atoms with Gasteiger partial charge in [-0.2, -0.15) is 0 Å². The highest BCUT2D eigenvalue weighted by Crippen LogP contribution is 2.36. The zero-order valence-corrected chi connectivity index (χ0v) is 14.4. The summed E-state index contributed by atoms with van der Waals surface area (Å²) in [6.07, 6.45) is 9.91. The molecule has 0 saturated carbocycles. The van der Waals surface area contributed by atoms with E-state index in [1.54, 1.807) is 0 Å². The normalized spacial score (nSPS) is 26.2. The summed E-state index contributed by atoms with van der Waals surface area (Å²) in [6, 6.07) is 6.82. The second-order valence-electron chi connectivity index (χ2n) is 4.94. The Morgan fingerprint density at radius 3 is 2.76 bits per heavy atom. The van der Waals surface area contributed by atoms with Crippen LogP contribution < -0.4 is 0 Å². The van der Waals surface area contributed by atoms with Crippen molar-refractivity contribution in [2.45, 2.75) is 29.6 Å². The van der Waals surface area contributed by atoms with Crippen LogP contribution in [0.5, 0.6) is 0 Å². The molecule has 0 aromatic heterocycles. The van der Waals surface area contributed by atoms with E-state index in [1.807, 2.05) is 0 Å². The van der Waals surface area contributed by atoms with E-state index in [2.05, 4.69) is 102 Å². The molecule has 90 valence electrons. The summed E-state index contributed by atoms with van der Waals surface area (Å²) in [6.45, 7) is 4.68. The Morgan fingerprint density at radius 2 is 2.00 bits per heavy atom. The Bertz CT molecular complexity index is 470. The molecule has 1 aromatic rings. The molecule has 0 N–H and O–H groups in total. The van der Waals surface area contributed by atoms with Crippen molar-refractivity contribution in [3.63, 3.8) is 0 Å². The van der Waals surface area contributed by atoms with Gasteiger partial charge in [0.05, 0.1) is 0 Å². The predicted octanol–water partition coefficient (Wildman–Crippen LogP) is 5.04. The summed E-state index contributed by atoms with van der Waals surface area (Å²) in [7, 11) is 0. The first kappa shape index (κ1) is 13.6. The minimum atomic E-state index is 0.180. The molecule has 1 unspecified atom stereocenters. The number of rotatable bonds is 0. The molecule has 17 heavy (non-hydrogen) atoms. The van der Waals surface area contributed by atoms with Crippen LogP contribution in [-0.4, -0.2) is 3.92 Å². The van der Waals surface area contributed by atoms with Gasteiger partial charge in [-0.1, -0.05) is 66.8 Å². The second kappa shape index (κ2) is 5.43. The van der Waals surface area contributed by atoms with Gasteiger partial charge in [0, 0.05) is 12.9 Å². The minimum absolute atomic E-state index is 0.180. The Morgan fingerprint density at radius 1 is 1.24 bits per heavy atom. The highest BCUT2D eigenvalue weighted by atomic mass is 127. The van der Waals surface area contributed by atoms with E-state index < -0.39 is 0 Å². The Balaban J connectivity index is 2.59. The quantitative estimate of drug-likeness (QED) is 0.384. The van der Waals surface area contributed by atoms with Crippen molar-refractivity contribution < 1.29 is 0 Å². The molecule has 0 nitrogen and oxygen atoms in total. The maximum Gasteiger partial charge on any atom is 0.0384 e. The van der Waals surface area contributed by atoms with E-state index in [0.29, 0.717) is 3.92 Å². The van der Waals surface area contributed by atoms with E-state index in [9.17, 15) is 0 Å². The highest BCUT2D eigenvalue weighted by molar-refractivity contribution is 14.1. The summed E-state index contributed by atoms with van der Waals surface area (Å²) in [5.74, 6) is 0. The van der Waals surface area contributed by atoms with Crippen LogP contribution in [0.25, 0.3) is 0 Å². The zero-order chi connectivity index (χ0) is 12.5. The van der Waals surface area contributed by atoms with Crippen LogP contribution in [0.4, 0.5) is 0 Å². The maximum absolute atomic E-state index is 2.54. The van der Waals surface area contributed by atoms with Gasteiger partial charge in [-0.25, -0.2) is 0 Å². The van der Waals surface area contributed by atoms with Crippen LogP contribution >= 0.6 is 45.2 Å². The first-order chi connectivity index (χ1) is 8.01. The van der Waals surface area contributed by atoms with Crippen LogP contribution in [0.3, 0.4) is 0 Å². The SMILES string of the molecule is CC1(C)c2cc(I)ccc2C/C=C\C=C/C1I. The van der Waals surface area contributed by atoms with Crippen LogP contribution in [0.1, 0.15) is 25.0 Å². The molecule has 0 aliphatic heterocycles. The second-order valence-corrected chi connectivity index (χ2v) is 7.53. The van der Waals surface area contributed by atoms with Gasteiger partial charge in [0.2, 0.25) is 0 Å². The monoisotopic (exact) mass is 450 g/mol. The van der Waals surface area contributed by atoms with Gasteiger partial charge >= 0.3 is 0 Å². The van der Waals surface area contributed by atoms with E-state index in [0.717, 1.165) is 6.42 Å². The summed E-state index contributed by atoms with van der Waals surface area (Å²) in [5.41, 5.74) is 3.12. The fraction of sp³-hybridized carbons (Fsp3) is 0.333. The number of halogens is 2. The van der Waals surface area contributed by atoms with Crippen molar-refractivity contribution in [3.05, 3.63) is 57.2 Å². The predicted molar refractivity (Wildman–Crippen MR) is 92.0 cm³/mol. The number of allylic oxidation sites excluding steroid dienone is 4. The highest BCUT2D eigenvalue weighted by Gasteiger charge is 2.29. The third kappa shape index (κ3) is 2.95. The van der Waals surface area contributed by atoms with Gasteiger partial charge in [-0.05, 0) is 52.3 Å². The Labute approximate surface area is 131 Å². The lowest BCUT2D eigenvalue weighted by molar-refractivity contribution is 0.555. The minimum Gasteiger partial charge on any atom is -0.0801 e. The molecule has 1 aromatic carbocycles. The molecular formula is C15H16I2. The molecule has 0 heterocycles. The number of hydrogen-bond donors (Lipinski definition) is 0. The van der Waals surface area contributed by atoms with E-state index in [4.69, 9.17) is 0 Å². The van der Waals surface area contributed by atoms with Crippen molar-refractivity contribution in [3.8, 4) is 0 Å². The molecule has 0 saturated heterocycles. The number of fused-ring (bicyclic) bond motifs is 1. The molecule has 1 atom stereocenters. The molecule has 2 heteroatoms. The standard InChI is InChI=1S/C15H16I2/c1-15(2)13-10-12(16)9-8-11(13)6-4-3-5-7-14(15)17/h3-5,7-10,14H,6H2,1-2H3/b4-3-,7-5-. The van der Waals surface area contributed by atoms with Crippen LogP contribution in [0.15, 0.2) is 42.5 Å². The van der Waals surface area contributed by atoms with Crippen molar-refractivity contribution >= 4 is 45.2 Å². The topological polar surface area (TPSA) is 0 Å². The molecule has 0 bridgehead atoms. The lowest BCUT2D eigenvalue weighted by atomic mass is 9.78. The number of alkyl halides is 1. The molecule has 1 aliphatic rings. The van der Waals surface area contributed by atoms with Gasteiger partial charge in [0.15, 0.2) is 0 Å². The third-order valence-electron chi connectivity index (χ3n) is 3.32. The lowest BCUT2D eigenvalue weighted by Crippen LogP contribution is -2.28. The molecule has 0 radical (unpaired) electrons. The fourth-order valence-electron chi connectivity index (χ4n) is 2.15. The molecule has 0 amide bonds. The molecule has 0 spiro atoms.